The Labute approximate surface area is 292 Å². The summed E-state index contributed by atoms with van der Waals surface area (Å²) in [5.74, 6) is 4.69. The van der Waals surface area contributed by atoms with Crippen molar-refractivity contribution in [3.63, 3.8) is 0 Å². The van der Waals surface area contributed by atoms with Crippen LogP contribution in [-0.2, 0) is 59.0 Å². The minimum Gasteiger partial charge on any atom is -0.379 e. The van der Waals surface area contributed by atoms with E-state index in [0.717, 1.165) is 22.4 Å². The number of carbonyl (C=O) groups is 5. The first kappa shape index (κ1) is 38.4. The van der Waals surface area contributed by atoms with Gasteiger partial charge in [-0.1, -0.05) is 42.2 Å². The fraction of sp³-hybridized carbons (Fsp3) is 0.486. The molecule has 268 valence electrons. The number of para-hydroxylation sites is 1. The van der Waals surface area contributed by atoms with Crippen molar-refractivity contribution in [2.45, 2.75) is 51.5 Å². The molecule has 0 atom stereocenters. The zero-order chi connectivity index (χ0) is 35.4. The Morgan fingerprint density at radius 2 is 1.12 bits per heavy atom. The second-order valence-electron chi connectivity index (χ2n) is 11.4. The molecule has 0 saturated carbocycles. The van der Waals surface area contributed by atoms with Crippen molar-refractivity contribution in [3.8, 4) is 11.8 Å². The van der Waals surface area contributed by atoms with Gasteiger partial charge < -0.3 is 33.4 Å². The van der Waals surface area contributed by atoms with Crippen molar-refractivity contribution in [2.24, 2.45) is 0 Å². The molecule has 13 nitrogen and oxygen atoms in total. The summed E-state index contributed by atoms with van der Waals surface area (Å²) in [7, 11) is 0. The average molecular weight is 693 g/mol. The molecule has 2 aliphatic rings. The molecule has 0 bridgehead atoms. The fourth-order valence-electron chi connectivity index (χ4n) is 5.03. The van der Waals surface area contributed by atoms with Crippen LogP contribution >= 0.6 is 0 Å². The number of imide groups is 1. The summed E-state index contributed by atoms with van der Waals surface area (Å²) in [6.45, 7) is 3.67. The van der Waals surface area contributed by atoms with E-state index in [9.17, 15) is 24.0 Å². The highest BCUT2D eigenvalue weighted by molar-refractivity contribution is 6.01. The second-order valence-corrected chi connectivity index (χ2v) is 11.4. The number of fused-ring (bicyclic) bond motifs is 2. The largest absolute Gasteiger partial charge is 0.379 e. The predicted octanol–water partition coefficient (Wildman–Crippen LogP) is 3.14. The molecule has 2 aromatic carbocycles. The molecule has 0 aliphatic carbocycles. The second kappa shape index (κ2) is 21.6. The maximum Gasteiger partial charge on any atom is 0.335 e. The number of ether oxygens (including phenoxy) is 5. The van der Waals surface area contributed by atoms with Crippen LogP contribution in [0.1, 0.15) is 61.6 Å². The quantitative estimate of drug-likeness (QED) is 0.0962. The number of carbonyl (C=O) groups excluding carboxylic acids is 5. The topological polar surface area (TPSA) is 147 Å². The van der Waals surface area contributed by atoms with Crippen LogP contribution in [0.2, 0.25) is 0 Å². The number of nitrogens with zero attached hydrogens (tertiary/aromatic N) is 2. The molecule has 0 unspecified atom stereocenters. The Morgan fingerprint density at radius 1 is 0.600 bits per heavy atom. The standard InChI is InChI=1S/C37H44N2O11/c40-32(9-5-11-34(41)38-28-31-8-2-1-6-29(31)12-13-30-7-3-4-10-33(30)38)16-18-45-20-22-47-24-26-49-27-25-48-23-21-46-19-17-37(44)50-39-35(42)14-15-36(39)43/h1-4,6-8,10H,5,9,11,14-28H2. The van der Waals surface area contributed by atoms with Gasteiger partial charge in [-0.15, -0.1) is 5.06 Å². The van der Waals surface area contributed by atoms with Gasteiger partial charge in [0.25, 0.3) is 11.8 Å². The van der Waals surface area contributed by atoms with Crippen molar-refractivity contribution in [1.29, 1.82) is 0 Å². The predicted molar refractivity (Wildman–Crippen MR) is 179 cm³/mol. The highest BCUT2D eigenvalue weighted by Gasteiger charge is 2.32. The van der Waals surface area contributed by atoms with Crippen LogP contribution in [0.3, 0.4) is 0 Å². The number of hydrogen-bond donors (Lipinski definition) is 0. The normalized spacial score (nSPS) is 13.6. The molecule has 50 heavy (non-hydrogen) atoms. The SMILES string of the molecule is O=C(CCCC(=O)N1Cc2ccccc2C#Cc2ccccc21)CCOCCOCCOCCOCCOCCC(=O)ON1C(=O)CCC1=O. The lowest BCUT2D eigenvalue weighted by molar-refractivity contribution is -0.198. The maximum absolute atomic E-state index is 13.3. The minimum absolute atomic E-state index is 0.0352. The third-order valence-electron chi connectivity index (χ3n) is 7.68. The van der Waals surface area contributed by atoms with Crippen LogP contribution in [0.25, 0.3) is 0 Å². The van der Waals surface area contributed by atoms with Crippen LogP contribution in [0.15, 0.2) is 48.5 Å². The molecular weight excluding hydrogens is 648 g/mol. The lowest BCUT2D eigenvalue weighted by Gasteiger charge is -2.26. The summed E-state index contributed by atoms with van der Waals surface area (Å²) in [5, 5.41) is 0.512. The number of hydroxylamine groups is 2. The van der Waals surface area contributed by atoms with Gasteiger partial charge in [0.1, 0.15) is 5.78 Å². The molecule has 1 fully saturated rings. The number of rotatable bonds is 23. The fourth-order valence-corrected chi connectivity index (χ4v) is 5.03. The van der Waals surface area contributed by atoms with E-state index in [1.165, 1.54) is 0 Å². The van der Waals surface area contributed by atoms with E-state index in [-0.39, 0.29) is 57.0 Å². The van der Waals surface area contributed by atoms with Crippen molar-refractivity contribution < 1.29 is 52.5 Å². The van der Waals surface area contributed by atoms with Crippen LogP contribution in [0, 0.1) is 11.8 Å². The molecular formula is C37H44N2O11. The molecule has 2 aromatic rings. The van der Waals surface area contributed by atoms with Crippen molar-refractivity contribution >= 4 is 35.2 Å². The maximum atomic E-state index is 13.3. The molecule has 13 heteroatoms. The van der Waals surface area contributed by atoms with E-state index in [4.69, 9.17) is 28.5 Å². The van der Waals surface area contributed by atoms with Crippen LogP contribution in [0.5, 0.6) is 0 Å². The number of ketones is 1. The molecule has 2 aliphatic heterocycles. The monoisotopic (exact) mass is 692 g/mol. The van der Waals surface area contributed by atoms with Gasteiger partial charge in [-0.05, 0) is 30.2 Å². The Morgan fingerprint density at radius 3 is 1.76 bits per heavy atom. The number of anilines is 1. The lowest BCUT2D eigenvalue weighted by atomic mass is 10.0. The summed E-state index contributed by atoms with van der Waals surface area (Å²) in [6, 6.07) is 15.5. The first-order valence-corrected chi connectivity index (χ1v) is 16.9. The van der Waals surface area contributed by atoms with E-state index >= 15 is 0 Å². The Kier molecular flexibility index (Phi) is 16.6. The van der Waals surface area contributed by atoms with E-state index in [1.807, 2.05) is 48.5 Å². The van der Waals surface area contributed by atoms with E-state index in [1.54, 1.807) is 4.90 Å². The summed E-state index contributed by atoms with van der Waals surface area (Å²) in [4.78, 5) is 66.7. The molecule has 0 spiro atoms. The lowest BCUT2D eigenvalue weighted by Crippen LogP contribution is -2.32. The third-order valence-corrected chi connectivity index (χ3v) is 7.68. The number of hydrogen-bond acceptors (Lipinski definition) is 11. The summed E-state index contributed by atoms with van der Waals surface area (Å²) >= 11 is 0. The molecule has 3 amide bonds. The number of amides is 3. The zero-order valence-electron chi connectivity index (χ0n) is 28.2. The third kappa shape index (κ3) is 13.1. The highest BCUT2D eigenvalue weighted by atomic mass is 16.7. The van der Waals surface area contributed by atoms with E-state index < -0.39 is 17.8 Å². The zero-order valence-corrected chi connectivity index (χ0v) is 28.2. The van der Waals surface area contributed by atoms with E-state index in [2.05, 4.69) is 11.8 Å². The summed E-state index contributed by atoms with van der Waals surface area (Å²) in [6.07, 6.45) is 1.35. The summed E-state index contributed by atoms with van der Waals surface area (Å²) in [5.41, 5.74) is 3.50. The van der Waals surface area contributed by atoms with Crippen molar-refractivity contribution in [1.82, 2.24) is 5.06 Å². The van der Waals surface area contributed by atoms with Gasteiger partial charge in [-0.2, -0.15) is 0 Å². The molecule has 0 aromatic heterocycles. The van der Waals surface area contributed by atoms with Gasteiger partial charge in [0.15, 0.2) is 0 Å². The van der Waals surface area contributed by atoms with Gasteiger partial charge in [0.05, 0.1) is 84.7 Å². The van der Waals surface area contributed by atoms with Crippen LogP contribution < -0.4 is 4.90 Å². The molecule has 1 saturated heterocycles. The van der Waals surface area contributed by atoms with Crippen LogP contribution in [0.4, 0.5) is 5.69 Å². The highest BCUT2D eigenvalue weighted by Crippen LogP contribution is 2.26. The number of benzene rings is 2. The molecule has 0 radical (unpaired) electrons. The number of Topliss-reactive ketones (excluding diaryl/α,β-unsaturated/α-hetero) is 1. The minimum atomic E-state index is -0.710. The molecule has 2 heterocycles. The Balaban J connectivity index is 0.929. The first-order valence-electron chi connectivity index (χ1n) is 16.9. The van der Waals surface area contributed by atoms with Gasteiger partial charge in [-0.3, -0.25) is 19.2 Å². The average Bonchev–Trinajstić information content (AvgIpc) is 3.42. The molecule has 4 rings (SSSR count). The van der Waals surface area contributed by atoms with Crippen molar-refractivity contribution in [3.05, 3.63) is 65.2 Å². The Hall–Kier alpha value is -4.45. The van der Waals surface area contributed by atoms with Crippen LogP contribution in [-0.4, -0.2) is 101 Å². The van der Waals surface area contributed by atoms with Gasteiger partial charge in [0, 0.05) is 43.2 Å². The smallest absolute Gasteiger partial charge is 0.335 e. The van der Waals surface area contributed by atoms with Gasteiger partial charge in [-0.25, -0.2) is 4.79 Å². The molecule has 0 N–H and O–H groups in total. The van der Waals surface area contributed by atoms with Gasteiger partial charge in [0.2, 0.25) is 5.91 Å². The summed E-state index contributed by atoms with van der Waals surface area (Å²) < 4.78 is 27.1. The first-order chi connectivity index (χ1) is 24.4. The van der Waals surface area contributed by atoms with Gasteiger partial charge >= 0.3 is 5.97 Å². The van der Waals surface area contributed by atoms with Crippen molar-refractivity contribution in [2.75, 3.05) is 71.0 Å². The Bertz CT molecular complexity index is 1500. The van der Waals surface area contributed by atoms with E-state index in [0.29, 0.717) is 77.3 Å².